The Labute approximate surface area is 194 Å². The monoisotopic (exact) mass is 466 g/mol. The van der Waals surface area contributed by atoms with Crippen molar-refractivity contribution >= 4 is 21.6 Å². The number of anilines is 1. The van der Waals surface area contributed by atoms with Gasteiger partial charge in [-0.05, 0) is 41.8 Å². The molecule has 0 N–H and O–H groups in total. The molecule has 1 aliphatic rings. The molecule has 1 aliphatic heterocycles. The van der Waals surface area contributed by atoms with Crippen LogP contribution in [-0.4, -0.2) is 46.5 Å². The number of nitrogens with zero attached hydrogens (tertiary/aromatic N) is 2. The SMILES string of the molecule is COc1ccc(S(=O)(=O)N(CC(=O)N2CCc3ccccc3C2)c2ccccc2)cc1OC. The molecule has 1 amide bonds. The highest BCUT2D eigenvalue weighted by Gasteiger charge is 2.30. The summed E-state index contributed by atoms with van der Waals surface area (Å²) in [6.45, 7) is 0.714. The highest BCUT2D eigenvalue weighted by Crippen LogP contribution is 2.32. The molecule has 0 aromatic heterocycles. The summed E-state index contributed by atoms with van der Waals surface area (Å²) in [5.41, 5.74) is 2.73. The second-order valence-corrected chi connectivity index (χ2v) is 9.56. The molecule has 1 heterocycles. The molecule has 0 atom stereocenters. The number of sulfonamides is 1. The summed E-state index contributed by atoms with van der Waals surface area (Å²) < 4.78 is 39.0. The Bertz CT molecular complexity index is 1240. The van der Waals surface area contributed by atoms with Crippen LogP contribution in [0, 0.1) is 0 Å². The molecule has 0 aliphatic carbocycles. The Morgan fingerprint density at radius 1 is 0.909 bits per heavy atom. The molecule has 0 bridgehead atoms. The predicted octanol–water partition coefficient (Wildman–Crippen LogP) is 3.48. The van der Waals surface area contributed by atoms with Crippen molar-refractivity contribution in [3.05, 3.63) is 83.9 Å². The molecule has 3 aromatic carbocycles. The topological polar surface area (TPSA) is 76.2 Å². The lowest BCUT2D eigenvalue weighted by molar-refractivity contribution is -0.130. The molecular weight excluding hydrogens is 440 g/mol. The average Bonchev–Trinajstić information content (AvgIpc) is 2.86. The van der Waals surface area contributed by atoms with Crippen molar-refractivity contribution in [1.29, 1.82) is 0 Å². The second kappa shape index (κ2) is 9.54. The van der Waals surface area contributed by atoms with Gasteiger partial charge in [0.1, 0.15) is 6.54 Å². The quantitative estimate of drug-likeness (QED) is 0.533. The van der Waals surface area contributed by atoms with Crippen LogP contribution < -0.4 is 13.8 Å². The van der Waals surface area contributed by atoms with Gasteiger partial charge >= 0.3 is 0 Å². The third-order valence-electron chi connectivity index (χ3n) is 5.75. The lowest BCUT2D eigenvalue weighted by Gasteiger charge is -2.32. The molecule has 4 rings (SSSR count). The number of carbonyl (C=O) groups excluding carboxylic acids is 1. The van der Waals surface area contributed by atoms with Gasteiger partial charge in [-0.3, -0.25) is 9.10 Å². The van der Waals surface area contributed by atoms with Gasteiger partial charge < -0.3 is 14.4 Å². The van der Waals surface area contributed by atoms with Gasteiger partial charge in [0.2, 0.25) is 5.91 Å². The number of amides is 1. The van der Waals surface area contributed by atoms with Crippen LogP contribution >= 0.6 is 0 Å². The van der Waals surface area contributed by atoms with Crippen LogP contribution in [0.3, 0.4) is 0 Å². The lowest BCUT2D eigenvalue weighted by atomic mass is 10.00. The van der Waals surface area contributed by atoms with Crippen molar-refractivity contribution in [1.82, 2.24) is 4.90 Å². The Balaban J connectivity index is 1.66. The summed E-state index contributed by atoms with van der Waals surface area (Å²) in [4.78, 5) is 15.0. The van der Waals surface area contributed by atoms with Crippen LogP contribution in [0.2, 0.25) is 0 Å². The second-order valence-electron chi connectivity index (χ2n) is 7.70. The van der Waals surface area contributed by atoms with Gasteiger partial charge in [0, 0.05) is 19.2 Å². The maximum atomic E-state index is 13.7. The van der Waals surface area contributed by atoms with Crippen molar-refractivity contribution in [3.63, 3.8) is 0 Å². The number of rotatable bonds is 7. The van der Waals surface area contributed by atoms with Crippen LogP contribution in [0.25, 0.3) is 0 Å². The first-order valence-corrected chi connectivity index (χ1v) is 12.0. The lowest BCUT2D eigenvalue weighted by Crippen LogP contribution is -2.44. The molecule has 8 heteroatoms. The number of para-hydroxylation sites is 1. The maximum absolute atomic E-state index is 13.7. The smallest absolute Gasteiger partial charge is 0.264 e. The summed E-state index contributed by atoms with van der Waals surface area (Å²) in [5.74, 6) is 0.466. The highest BCUT2D eigenvalue weighted by molar-refractivity contribution is 7.92. The van der Waals surface area contributed by atoms with Gasteiger partial charge in [-0.2, -0.15) is 0 Å². The van der Waals surface area contributed by atoms with Gasteiger partial charge in [0.15, 0.2) is 11.5 Å². The van der Waals surface area contributed by atoms with Crippen molar-refractivity contribution in [2.45, 2.75) is 17.9 Å². The van der Waals surface area contributed by atoms with Gasteiger partial charge in [0.25, 0.3) is 10.0 Å². The van der Waals surface area contributed by atoms with Crippen molar-refractivity contribution < 1.29 is 22.7 Å². The zero-order valence-electron chi connectivity index (χ0n) is 18.6. The van der Waals surface area contributed by atoms with E-state index in [1.165, 1.54) is 38.0 Å². The zero-order chi connectivity index (χ0) is 23.4. The van der Waals surface area contributed by atoms with Crippen LogP contribution in [0.15, 0.2) is 77.7 Å². The zero-order valence-corrected chi connectivity index (χ0v) is 19.4. The van der Waals surface area contributed by atoms with E-state index in [1.807, 2.05) is 18.2 Å². The molecule has 0 spiro atoms. The van der Waals surface area contributed by atoms with Gasteiger partial charge in [-0.15, -0.1) is 0 Å². The summed E-state index contributed by atoms with van der Waals surface area (Å²) in [7, 11) is -1.13. The van der Waals surface area contributed by atoms with Crippen LogP contribution in [0.5, 0.6) is 11.5 Å². The van der Waals surface area contributed by atoms with E-state index in [2.05, 4.69) is 6.07 Å². The van der Waals surface area contributed by atoms with Gasteiger partial charge in [-0.1, -0.05) is 42.5 Å². The number of hydrogen-bond donors (Lipinski definition) is 0. The van der Waals surface area contributed by atoms with E-state index in [9.17, 15) is 13.2 Å². The molecular formula is C25H26N2O5S. The van der Waals surface area contributed by atoms with E-state index in [4.69, 9.17) is 9.47 Å². The Hall–Kier alpha value is -3.52. The predicted molar refractivity (Wildman–Crippen MR) is 126 cm³/mol. The first-order valence-electron chi connectivity index (χ1n) is 10.6. The molecule has 7 nitrogen and oxygen atoms in total. The summed E-state index contributed by atoms with van der Waals surface area (Å²) in [6.07, 6.45) is 0.746. The molecule has 0 saturated carbocycles. The number of methoxy groups -OCH3 is 2. The number of fused-ring (bicyclic) bond motifs is 1. The number of carbonyl (C=O) groups is 1. The molecule has 33 heavy (non-hydrogen) atoms. The highest BCUT2D eigenvalue weighted by atomic mass is 32.2. The van der Waals surface area contributed by atoms with Crippen LogP contribution in [-0.2, 0) is 27.8 Å². The van der Waals surface area contributed by atoms with Gasteiger partial charge in [-0.25, -0.2) is 8.42 Å². The fourth-order valence-electron chi connectivity index (χ4n) is 3.94. The first kappa shape index (κ1) is 22.7. The summed E-state index contributed by atoms with van der Waals surface area (Å²) in [6, 6.07) is 21.1. The largest absolute Gasteiger partial charge is 0.493 e. The Morgan fingerprint density at radius 2 is 1.58 bits per heavy atom. The Morgan fingerprint density at radius 3 is 2.27 bits per heavy atom. The van der Waals surface area contributed by atoms with E-state index in [0.717, 1.165) is 16.3 Å². The van der Waals surface area contributed by atoms with E-state index < -0.39 is 10.0 Å². The molecule has 0 radical (unpaired) electrons. The number of ether oxygens (including phenoxy) is 2. The average molecular weight is 467 g/mol. The van der Waals surface area contributed by atoms with E-state index in [0.29, 0.717) is 30.3 Å². The number of hydrogen-bond acceptors (Lipinski definition) is 5. The minimum atomic E-state index is -4.06. The molecule has 3 aromatic rings. The summed E-state index contributed by atoms with van der Waals surface area (Å²) in [5, 5.41) is 0. The molecule has 0 fully saturated rings. The Kier molecular flexibility index (Phi) is 6.55. The standard InChI is InChI=1S/C25H26N2O5S/c1-31-23-13-12-22(16-24(23)32-2)33(29,30)27(21-10-4-3-5-11-21)18-25(28)26-15-14-19-8-6-7-9-20(19)17-26/h3-13,16H,14-15,17-18H2,1-2H3. The van der Waals surface area contributed by atoms with Crippen molar-refractivity contribution in [2.75, 3.05) is 31.6 Å². The number of benzene rings is 3. The summed E-state index contributed by atoms with van der Waals surface area (Å²) >= 11 is 0. The minimum Gasteiger partial charge on any atom is -0.493 e. The van der Waals surface area contributed by atoms with Crippen molar-refractivity contribution in [3.8, 4) is 11.5 Å². The normalized spacial score (nSPS) is 13.2. The van der Waals surface area contributed by atoms with E-state index in [-0.39, 0.29) is 17.3 Å². The molecule has 0 unspecified atom stereocenters. The first-order chi connectivity index (χ1) is 15.9. The fourth-order valence-corrected chi connectivity index (χ4v) is 5.38. The fraction of sp³-hybridized carbons (Fsp3) is 0.240. The van der Waals surface area contributed by atoms with Gasteiger partial charge in [0.05, 0.1) is 24.8 Å². The van der Waals surface area contributed by atoms with E-state index >= 15 is 0 Å². The maximum Gasteiger partial charge on any atom is 0.264 e. The van der Waals surface area contributed by atoms with E-state index in [1.54, 1.807) is 35.2 Å². The van der Waals surface area contributed by atoms with Crippen LogP contribution in [0.1, 0.15) is 11.1 Å². The molecule has 172 valence electrons. The minimum absolute atomic E-state index is 0.0146. The molecule has 0 saturated heterocycles. The van der Waals surface area contributed by atoms with Crippen LogP contribution in [0.4, 0.5) is 5.69 Å². The third kappa shape index (κ3) is 4.66. The third-order valence-corrected chi connectivity index (χ3v) is 7.52. The van der Waals surface area contributed by atoms with Crippen molar-refractivity contribution in [2.24, 2.45) is 0 Å².